The Morgan fingerprint density at radius 2 is 1.65 bits per heavy atom. The van der Waals surface area contributed by atoms with Crippen LogP contribution in [-0.2, 0) is 5.54 Å². The number of halogens is 1. The predicted octanol–water partition coefficient (Wildman–Crippen LogP) is 4.30. The molecule has 0 amide bonds. The maximum Gasteiger partial charge on any atom is 0.139 e. The number of ether oxygens (including phenoxy) is 1. The van der Waals surface area contributed by atoms with E-state index in [0.717, 1.165) is 33.6 Å². The van der Waals surface area contributed by atoms with Crippen molar-refractivity contribution in [2.45, 2.75) is 5.54 Å². The summed E-state index contributed by atoms with van der Waals surface area (Å²) in [6.07, 6.45) is 5.01. The van der Waals surface area contributed by atoms with Gasteiger partial charge in [0.1, 0.15) is 29.3 Å². The van der Waals surface area contributed by atoms with Crippen LogP contribution in [0.2, 0.25) is 0 Å². The van der Waals surface area contributed by atoms with Crippen molar-refractivity contribution in [3.63, 3.8) is 0 Å². The molecule has 5 nitrogen and oxygen atoms in total. The first-order valence-electron chi connectivity index (χ1n) is 9.78. The van der Waals surface area contributed by atoms with Crippen LogP contribution in [0.1, 0.15) is 22.3 Å². The van der Waals surface area contributed by atoms with Crippen LogP contribution in [0.4, 0.5) is 4.39 Å². The molecule has 0 bridgehead atoms. The fraction of sp³-hybridized carbons (Fsp3) is 0.0800. The number of hydrogen-bond donors (Lipinski definition) is 1. The van der Waals surface area contributed by atoms with Crippen molar-refractivity contribution in [1.82, 2.24) is 9.97 Å². The smallest absolute Gasteiger partial charge is 0.139 e. The van der Waals surface area contributed by atoms with Gasteiger partial charge in [-0.25, -0.2) is 19.4 Å². The third-order valence-electron chi connectivity index (χ3n) is 5.62. The molecule has 4 aromatic rings. The van der Waals surface area contributed by atoms with Gasteiger partial charge in [-0.2, -0.15) is 0 Å². The number of amidine groups is 1. The van der Waals surface area contributed by atoms with E-state index in [0.29, 0.717) is 11.4 Å². The van der Waals surface area contributed by atoms with E-state index < -0.39 is 5.54 Å². The molecule has 0 radical (unpaired) electrons. The van der Waals surface area contributed by atoms with Crippen LogP contribution in [-0.4, -0.2) is 22.9 Å². The molecule has 6 heteroatoms. The molecule has 0 aliphatic carbocycles. The van der Waals surface area contributed by atoms with Crippen molar-refractivity contribution in [3.05, 3.63) is 114 Å². The van der Waals surface area contributed by atoms with E-state index in [1.54, 1.807) is 25.6 Å². The zero-order valence-corrected chi connectivity index (χ0v) is 16.8. The number of nitrogens with two attached hydrogens (primary N) is 1. The van der Waals surface area contributed by atoms with Gasteiger partial charge in [-0.1, -0.05) is 30.3 Å². The Morgan fingerprint density at radius 1 is 0.871 bits per heavy atom. The van der Waals surface area contributed by atoms with Crippen LogP contribution in [0.3, 0.4) is 0 Å². The van der Waals surface area contributed by atoms with Crippen molar-refractivity contribution < 1.29 is 9.13 Å². The van der Waals surface area contributed by atoms with E-state index in [4.69, 9.17) is 15.5 Å². The second-order valence-electron chi connectivity index (χ2n) is 7.33. The number of aliphatic imine (C=N–C) groups is 1. The first kappa shape index (κ1) is 18.9. The van der Waals surface area contributed by atoms with Gasteiger partial charge in [-0.3, -0.25) is 0 Å². The average Bonchev–Trinajstić information content (AvgIpc) is 3.12. The molecule has 1 atom stereocenters. The number of methoxy groups -OCH3 is 1. The van der Waals surface area contributed by atoms with E-state index in [2.05, 4.69) is 9.97 Å². The Kier molecular flexibility index (Phi) is 4.47. The Balaban J connectivity index is 1.79. The molecule has 31 heavy (non-hydrogen) atoms. The lowest BCUT2D eigenvalue weighted by Gasteiger charge is -2.29. The molecule has 2 N–H and O–H groups in total. The van der Waals surface area contributed by atoms with Gasteiger partial charge in [0, 0.05) is 29.1 Å². The molecule has 152 valence electrons. The molecule has 1 aliphatic rings. The van der Waals surface area contributed by atoms with Gasteiger partial charge in [0.25, 0.3) is 0 Å². The van der Waals surface area contributed by atoms with Crippen molar-refractivity contribution in [2.24, 2.45) is 10.7 Å². The topological polar surface area (TPSA) is 73.4 Å². The van der Waals surface area contributed by atoms with Crippen LogP contribution in [0.5, 0.6) is 5.75 Å². The molecule has 1 unspecified atom stereocenters. The molecule has 0 spiro atoms. The highest BCUT2D eigenvalue weighted by Crippen LogP contribution is 2.47. The van der Waals surface area contributed by atoms with Gasteiger partial charge in [-0.15, -0.1) is 0 Å². The molecule has 0 saturated heterocycles. The van der Waals surface area contributed by atoms with Gasteiger partial charge < -0.3 is 10.5 Å². The Hall–Kier alpha value is -4.06. The van der Waals surface area contributed by atoms with Crippen LogP contribution in [0.25, 0.3) is 11.1 Å². The summed E-state index contributed by atoms with van der Waals surface area (Å²) in [6.45, 7) is 0. The lowest BCUT2D eigenvalue weighted by molar-refractivity contribution is 0.414. The van der Waals surface area contributed by atoms with Crippen LogP contribution >= 0.6 is 0 Å². The lowest BCUT2D eigenvalue weighted by atomic mass is 9.77. The van der Waals surface area contributed by atoms with Gasteiger partial charge in [-0.05, 0) is 53.1 Å². The number of rotatable bonds is 4. The summed E-state index contributed by atoms with van der Waals surface area (Å²) in [5.74, 6) is 0.761. The average molecular weight is 410 g/mol. The van der Waals surface area contributed by atoms with Gasteiger partial charge in [0.2, 0.25) is 0 Å². The summed E-state index contributed by atoms with van der Waals surface area (Å²) in [7, 11) is 1.62. The highest BCUT2D eigenvalue weighted by molar-refractivity contribution is 6.03. The highest BCUT2D eigenvalue weighted by Gasteiger charge is 2.43. The van der Waals surface area contributed by atoms with E-state index in [-0.39, 0.29) is 5.82 Å². The third kappa shape index (κ3) is 3.04. The van der Waals surface area contributed by atoms with E-state index in [9.17, 15) is 4.39 Å². The number of hydrogen-bond acceptors (Lipinski definition) is 5. The maximum atomic E-state index is 14.4. The quantitative estimate of drug-likeness (QED) is 0.544. The highest BCUT2D eigenvalue weighted by atomic mass is 19.1. The van der Waals surface area contributed by atoms with Crippen LogP contribution in [0.15, 0.2) is 90.4 Å². The predicted molar refractivity (Wildman–Crippen MR) is 117 cm³/mol. The molecule has 0 fully saturated rings. The standard InChI is InChI=1S/C25H19FN4O/c1-31-21-8-5-18(6-9-21)25(23-12-20(26)7-10-22(23)24(27)30-25)19-4-2-3-16(11-19)17-13-28-15-29-14-17/h2-15H,1H3,(H2,27,30). The van der Waals surface area contributed by atoms with E-state index in [1.807, 2.05) is 48.5 Å². The molecule has 0 saturated carbocycles. The molecule has 1 aliphatic heterocycles. The molecule has 2 heterocycles. The molecular weight excluding hydrogens is 391 g/mol. The van der Waals surface area contributed by atoms with Crippen molar-refractivity contribution in [1.29, 1.82) is 0 Å². The summed E-state index contributed by atoms with van der Waals surface area (Å²) in [6, 6.07) is 20.2. The fourth-order valence-corrected chi connectivity index (χ4v) is 4.15. The first-order valence-corrected chi connectivity index (χ1v) is 9.78. The van der Waals surface area contributed by atoms with E-state index >= 15 is 0 Å². The summed E-state index contributed by atoms with van der Waals surface area (Å²) >= 11 is 0. The Labute approximate surface area is 179 Å². The monoisotopic (exact) mass is 410 g/mol. The zero-order valence-electron chi connectivity index (χ0n) is 16.8. The summed E-state index contributed by atoms with van der Waals surface area (Å²) < 4.78 is 19.7. The molecular formula is C25H19FN4O. The normalized spacial score (nSPS) is 17.2. The number of benzene rings is 3. The lowest BCUT2D eigenvalue weighted by Crippen LogP contribution is -2.25. The minimum absolute atomic E-state index is 0.339. The van der Waals surface area contributed by atoms with Crippen LogP contribution < -0.4 is 10.5 Å². The third-order valence-corrected chi connectivity index (χ3v) is 5.62. The maximum absolute atomic E-state index is 14.4. The number of fused-ring (bicyclic) bond motifs is 1. The van der Waals surface area contributed by atoms with Gasteiger partial charge in [0.15, 0.2) is 0 Å². The second-order valence-corrected chi connectivity index (χ2v) is 7.33. The fourth-order valence-electron chi connectivity index (χ4n) is 4.15. The zero-order chi connectivity index (χ0) is 21.4. The minimum atomic E-state index is -0.987. The van der Waals surface area contributed by atoms with Crippen molar-refractivity contribution in [2.75, 3.05) is 7.11 Å². The molecule has 1 aromatic heterocycles. The number of nitrogens with zero attached hydrogens (tertiary/aromatic N) is 3. The van der Waals surface area contributed by atoms with Crippen LogP contribution in [0, 0.1) is 5.82 Å². The first-order chi connectivity index (χ1) is 15.1. The van der Waals surface area contributed by atoms with E-state index in [1.165, 1.54) is 18.5 Å². The molecule has 3 aromatic carbocycles. The Bertz CT molecular complexity index is 1290. The summed E-state index contributed by atoms with van der Waals surface area (Å²) in [4.78, 5) is 13.2. The molecule has 5 rings (SSSR count). The van der Waals surface area contributed by atoms with Crippen molar-refractivity contribution >= 4 is 5.84 Å². The minimum Gasteiger partial charge on any atom is -0.497 e. The van der Waals surface area contributed by atoms with Crippen molar-refractivity contribution in [3.8, 4) is 16.9 Å². The SMILES string of the molecule is COc1ccc(C2(c3cccc(-c4cncnc4)c3)N=C(N)c3ccc(F)cc32)cc1. The number of aromatic nitrogens is 2. The summed E-state index contributed by atoms with van der Waals surface area (Å²) in [5, 5.41) is 0. The summed E-state index contributed by atoms with van der Waals surface area (Å²) in [5.41, 5.74) is 10.3. The Morgan fingerprint density at radius 3 is 2.39 bits per heavy atom. The van der Waals surface area contributed by atoms with Gasteiger partial charge in [0.05, 0.1) is 7.11 Å². The van der Waals surface area contributed by atoms with Gasteiger partial charge >= 0.3 is 0 Å². The second kappa shape index (κ2) is 7.32. The largest absolute Gasteiger partial charge is 0.497 e.